The second-order valence-electron chi connectivity index (χ2n) is 6.30. The highest BCUT2D eigenvalue weighted by Crippen LogP contribution is 2.31. The summed E-state index contributed by atoms with van der Waals surface area (Å²) < 4.78 is 31.0. The zero-order valence-corrected chi connectivity index (χ0v) is 17.7. The molecule has 0 spiro atoms. The van der Waals surface area contributed by atoms with Crippen LogP contribution in [0.25, 0.3) is 0 Å². The van der Waals surface area contributed by atoms with E-state index >= 15 is 0 Å². The molecule has 0 bridgehead atoms. The number of anilines is 2. The first kappa shape index (κ1) is 22.4. The van der Waals surface area contributed by atoms with Crippen molar-refractivity contribution in [2.75, 3.05) is 23.0 Å². The van der Waals surface area contributed by atoms with Gasteiger partial charge in [0.25, 0.3) is 5.69 Å². The first-order valence-electron chi connectivity index (χ1n) is 8.34. The van der Waals surface area contributed by atoms with Crippen LogP contribution in [0.2, 0.25) is 5.02 Å². The molecule has 0 aliphatic heterocycles. The molecule has 0 aliphatic rings. The minimum absolute atomic E-state index is 0.0508. The molecule has 0 saturated carbocycles. The van der Waals surface area contributed by atoms with Crippen LogP contribution in [0.3, 0.4) is 0 Å². The highest BCUT2D eigenvalue weighted by Gasteiger charge is 2.31. The van der Waals surface area contributed by atoms with E-state index in [1.165, 1.54) is 32.2 Å². The Morgan fingerprint density at radius 3 is 2.48 bits per heavy atom. The van der Waals surface area contributed by atoms with Crippen molar-refractivity contribution < 1.29 is 22.9 Å². The third-order valence-corrected chi connectivity index (χ3v) is 5.61. The summed E-state index contributed by atoms with van der Waals surface area (Å²) in [6.45, 7) is 3.10. The third kappa shape index (κ3) is 5.15. The molecule has 2 aromatic carbocycles. The Morgan fingerprint density at radius 1 is 1.28 bits per heavy atom. The van der Waals surface area contributed by atoms with Crippen molar-refractivity contribution >= 4 is 44.6 Å². The lowest BCUT2D eigenvalue weighted by Crippen LogP contribution is -2.45. The zero-order chi connectivity index (χ0) is 21.9. The SMILES string of the molecule is COc1ccc([N+](=O)[O-])cc1NC(=O)[C@@H](C)N(c1cc(Cl)ccc1C)S(C)(=O)=O. The zero-order valence-electron chi connectivity index (χ0n) is 16.2. The number of nitro benzene ring substituents is 1. The van der Waals surface area contributed by atoms with Crippen molar-refractivity contribution in [2.24, 2.45) is 0 Å². The molecule has 0 aliphatic carbocycles. The van der Waals surface area contributed by atoms with Gasteiger partial charge in [-0.3, -0.25) is 19.2 Å². The lowest BCUT2D eigenvalue weighted by molar-refractivity contribution is -0.384. The number of carbonyl (C=O) groups is 1. The topological polar surface area (TPSA) is 119 Å². The fourth-order valence-electron chi connectivity index (χ4n) is 2.75. The first-order chi connectivity index (χ1) is 13.5. The number of ether oxygens (including phenoxy) is 1. The summed E-state index contributed by atoms with van der Waals surface area (Å²) in [5.74, 6) is -0.505. The molecular formula is C18H20ClN3O6S. The largest absolute Gasteiger partial charge is 0.495 e. The first-order valence-corrected chi connectivity index (χ1v) is 10.6. The number of hydrogen-bond donors (Lipinski definition) is 1. The van der Waals surface area contributed by atoms with Gasteiger partial charge in [0.15, 0.2) is 0 Å². The number of benzene rings is 2. The summed E-state index contributed by atoms with van der Waals surface area (Å²) in [5.41, 5.74) is 0.662. The molecule has 1 N–H and O–H groups in total. The van der Waals surface area contributed by atoms with E-state index in [1.54, 1.807) is 19.1 Å². The number of carbonyl (C=O) groups excluding carboxylic acids is 1. The fourth-order valence-corrected chi connectivity index (χ4v) is 4.14. The van der Waals surface area contributed by atoms with Gasteiger partial charge in [0.1, 0.15) is 11.8 Å². The van der Waals surface area contributed by atoms with Gasteiger partial charge in [-0.15, -0.1) is 0 Å². The second kappa shape index (κ2) is 8.66. The predicted molar refractivity (Wildman–Crippen MR) is 111 cm³/mol. The van der Waals surface area contributed by atoms with Crippen LogP contribution >= 0.6 is 11.6 Å². The van der Waals surface area contributed by atoms with E-state index in [0.717, 1.165) is 16.6 Å². The van der Waals surface area contributed by atoms with E-state index in [0.29, 0.717) is 10.6 Å². The van der Waals surface area contributed by atoms with Crippen LogP contribution in [0.1, 0.15) is 12.5 Å². The molecule has 156 valence electrons. The maximum Gasteiger partial charge on any atom is 0.271 e. The number of nitrogens with one attached hydrogen (secondary N) is 1. The Morgan fingerprint density at radius 2 is 1.93 bits per heavy atom. The molecule has 0 radical (unpaired) electrons. The van der Waals surface area contributed by atoms with Crippen molar-refractivity contribution in [1.82, 2.24) is 0 Å². The Hall–Kier alpha value is -2.85. The number of sulfonamides is 1. The summed E-state index contributed by atoms with van der Waals surface area (Å²) in [4.78, 5) is 23.2. The van der Waals surface area contributed by atoms with E-state index in [9.17, 15) is 23.3 Å². The maximum atomic E-state index is 12.8. The van der Waals surface area contributed by atoms with Crippen LogP contribution in [0.4, 0.5) is 17.1 Å². The van der Waals surface area contributed by atoms with E-state index in [4.69, 9.17) is 16.3 Å². The number of rotatable bonds is 7. The van der Waals surface area contributed by atoms with Gasteiger partial charge in [-0.1, -0.05) is 17.7 Å². The Kier molecular flexibility index (Phi) is 6.70. The van der Waals surface area contributed by atoms with Gasteiger partial charge in [-0.05, 0) is 37.6 Å². The fraction of sp³-hybridized carbons (Fsp3) is 0.278. The number of non-ortho nitro benzene ring substituents is 1. The molecule has 2 rings (SSSR count). The molecule has 29 heavy (non-hydrogen) atoms. The number of nitrogens with zero attached hydrogens (tertiary/aromatic N) is 2. The average Bonchev–Trinajstić information content (AvgIpc) is 2.63. The van der Waals surface area contributed by atoms with E-state index in [1.807, 2.05) is 0 Å². The molecule has 1 atom stereocenters. The van der Waals surface area contributed by atoms with Crippen molar-refractivity contribution in [1.29, 1.82) is 0 Å². The van der Waals surface area contributed by atoms with Gasteiger partial charge in [0.05, 0.1) is 29.7 Å². The van der Waals surface area contributed by atoms with E-state index in [-0.39, 0.29) is 22.8 Å². The number of methoxy groups -OCH3 is 1. The van der Waals surface area contributed by atoms with Crippen molar-refractivity contribution in [3.05, 3.63) is 57.1 Å². The van der Waals surface area contributed by atoms with Crippen LogP contribution in [0, 0.1) is 17.0 Å². The maximum absolute atomic E-state index is 12.8. The smallest absolute Gasteiger partial charge is 0.271 e. The third-order valence-electron chi connectivity index (χ3n) is 4.15. The summed E-state index contributed by atoms with van der Waals surface area (Å²) in [5, 5.41) is 13.8. The molecule has 2 aromatic rings. The predicted octanol–water partition coefficient (Wildman–Crippen LogP) is 3.36. The monoisotopic (exact) mass is 441 g/mol. The number of hydrogen-bond acceptors (Lipinski definition) is 6. The highest BCUT2D eigenvalue weighted by molar-refractivity contribution is 7.92. The molecule has 0 aromatic heterocycles. The Bertz CT molecular complexity index is 1060. The molecule has 0 fully saturated rings. The summed E-state index contributed by atoms with van der Waals surface area (Å²) in [6.07, 6.45) is 0.977. The van der Waals surface area contributed by atoms with Gasteiger partial charge in [-0.25, -0.2) is 8.42 Å². The van der Waals surface area contributed by atoms with Gasteiger partial charge in [0, 0.05) is 17.2 Å². The Labute approximate surface area is 173 Å². The number of aryl methyl sites for hydroxylation is 1. The van der Waals surface area contributed by atoms with Crippen molar-refractivity contribution in [2.45, 2.75) is 19.9 Å². The number of nitro groups is 1. The molecule has 0 heterocycles. The second-order valence-corrected chi connectivity index (χ2v) is 8.59. The van der Waals surface area contributed by atoms with Crippen molar-refractivity contribution in [3.8, 4) is 5.75 Å². The highest BCUT2D eigenvalue weighted by atomic mass is 35.5. The molecule has 11 heteroatoms. The van der Waals surface area contributed by atoms with Gasteiger partial charge in [0.2, 0.25) is 15.9 Å². The molecule has 0 unspecified atom stereocenters. The summed E-state index contributed by atoms with van der Waals surface area (Å²) >= 11 is 6.01. The van der Waals surface area contributed by atoms with Crippen molar-refractivity contribution in [3.63, 3.8) is 0 Å². The lowest BCUT2D eigenvalue weighted by Gasteiger charge is -2.29. The standard InChI is InChI=1S/C18H20ClN3O6S/c1-11-5-6-13(19)9-16(11)21(29(4,26)27)12(2)18(23)20-15-10-14(22(24)25)7-8-17(15)28-3/h5-10,12H,1-4H3,(H,20,23)/t12-/m1/s1. The minimum atomic E-state index is -3.86. The molecular weight excluding hydrogens is 422 g/mol. The van der Waals surface area contributed by atoms with E-state index < -0.39 is 26.9 Å². The quantitative estimate of drug-likeness (QED) is 0.519. The van der Waals surface area contributed by atoms with E-state index in [2.05, 4.69) is 5.32 Å². The minimum Gasteiger partial charge on any atom is -0.495 e. The average molecular weight is 442 g/mol. The van der Waals surface area contributed by atoms with Crippen LogP contribution in [-0.4, -0.2) is 38.7 Å². The van der Waals surface area contributed by atoms with Crippen LogP contribution in [0.5, 0.6) is 5.75 Å². The van der Waals surface area contributed by atoms with Crippen LogP contribution in [0.15, 0.2) is 36.4 Å². The van der Waals surface area contributed by atoms with Gasteiger partial charge < -0.3 is 10.1 Å². The van der Waals surface area contributed by atoms with Gasteiger partial charge >= 0.3 is 0 Å². The number of halogens is 1. The number of amides is 1. The lowest BCUT2D eigenvalue weighted by atomic mass is 10.1. The van der Waals surface area contributed by atoms with Crippen LogP contribution < -0.4 is 14.4 Å². The summed E-state index contributed by atoms with van der Waals surface area (Å²) in [6, 6.07) is 7.24. The van der Waals surface area contributed by atoms with Crippen LogP contribution in [-0.2, 0) is 14.8 Å². The van der Waals surface area contributed by atoms with Gasteiger partial charge in [-0.2, -0.15) is 0 Å². The molecule has 1 amide bonds. The normalized spacial score (nSPS) is 12.2. The summed E-state index contributed by atoms with van der Waals surface area (Å²) in [7, 11) is -2.51. The Balaban J connectivity index is 2.44. The molecule has 0 saturated heterocycles. The molecule has 9 nitrogen and oxygen atoms in total.